The second kappa shape index (κ2) is 10.1. The minimum Gasteiger partial charge on any atom is -0.508 e. The van der Waals surface area contributed by atoms with Crippen molar-refractivity contribution in [1.82, 2.24) is 14.8 Å². The molecule has 0 saturated carbocycles. The first-order valence-corrected chi connectivity index (χ1v) is 10.8. The number of phenolic OH excluding ortho intramolecular Hbond substituents is 1. The van der Waals surface area contributed by atoms with E-state index in [4.69, 9.17) is 16.7 Å². The van der Waals surface area contributed by atoms with Crippen LogP contribution in [0.5, 0.6) is 5.75 Å². The van der Waals surface area contributed by atoms with Crippen molar-refractivity contribution in [3.05, 3.63) is 108 Å². The summed E-state index contributed by atoms with van der Waals surface area (Å²) >= 11 is 5.79. The van der Waals surface area contributed by atoms with Gasteiger partial charge in [0.2, 0.25) is 0 Å². The molecule has 0 aliphatic carbocycles. The predicted octanol–water partition coefficient (Wildman–Crippen LogP) is 5.38. The molecule has 32 heavy (non-hydrogen) atoms. The highest BCUT2D eigenvalue weighted by atomic mass is 35.5. The molecule has 0 unspecified atom stereocenters. The van der Waals surface area contributed by atoms with Gasteiger partial charge in [-0.1, -0.05) is 30.3 Å². The highest BCUT2D eigenvalue weighted by Gasteiger charge is 2.12. The molecular weight excluding hydrogens is 422 g/mol. The fraction of sp³-hybridized carbons (Fsp3) is 0.115. The Kier molecular flexibility index (Phi) is 6.78. The van der Waals surface area contributed by atoms with Gasteiger partial charge in [0.15, 0.2) is 5.78 Å². The van der Waals surface area contributed by atoms with Crippen LogP contribution in [0.1, 0.15) is 27.0 Å². The zero-order chi connectivity index (χ0) is 22.3. The number of benzene rings is 2. The van der Waals surface area contributed by atoms with Crippen LogP contribution in [0.2, 0.25) is 0 Å². The van der Waals surface area contributed by atoms with Crippen molar-refractivity contribution in [2.75, 3.05) is 5.88 Å². The summed E-state index contributed by atoms with van der Waals surface area (Å²) in [7, 11) is 0. The molecule has 1 N–H and O–H groups in total. The summed E-state index contributed by atoms with van der Waals surface area (Å²) in [6, 6.07) is 18.7. The van der Waals surface area contributed by atoms with E-state index in [1.54, 1.807) is 30.6 Å². The third-order valence-electron chi connectivity index (χ3n) is 5.05. The highest BCUT2D eigenvalue weighted by Crippen LogP contribution is 2.24. The molecule has 5 nitrogen and oxygen atoms in total. The summed E-state index contributed by atoms with van der Waals surface area (Å²) in [5, 5.41) is 14.7. The average molecular weight is 444 g/mol. The number of aryl methyl sites for hydroxylation is 1. The van der Waals surface area contributed by atoms with E-state index in [-0.39, 0.29) is 11.5 Å². The second-order valence-electron chi connectivity index (χ2n) is 7.34. The minimum absolute atomic E-state index is 0.146. The molecule has 0 atom stereocenters. The smallest absolute Gasteiger partial charge is 0.185 e. The highest BCUT2D eigenvalue weighted by molar-refractivity contribution is 6.18. The van der Waals surface area contributed by atoms with E-state index in [1.807, 2.05) is 53.3 Å². The average Bonchev–Trinajstić information content (AvgIpc) is 3.23. The summed E-state index contributed by atoms with van der Waals surface area (Å²) in [5.41, 5.74) is 4.74. The number of ketones is 1. The Hall–Kier alpha value is -3.70. The van der Waals surface area contributed by atoms with Gasteiger partial charge in [0.1, 0.15) is 11.4 Å². The van der Waals surface area contributed by atoms with Gasteiger partial charge in [-0.15, -0.1) is 11.6 Å². The molecule has 4 aromatic rings. The van der Waals surface area contributed by atoms with Crippen LogP contribution in [-0.2, 0) is 13.0 Å². The Morgan fingerprint density at radius 1 is 1.09 bits per heavy atom. The maximum atomic E-state index is 12.8. The van der Waals surface area contributed by atoms with Crippen LogP contribution in [0.15, 0.2) is 85.3 Å². The normalized spacial score (nSPS) is 11.2. The van der Waals surface area contributed by atoms with Crippen molar-refractivity contribution in [3.63, 3.8) is 0 Å². The van der Waals surface area contributed by atoms with Gasteiger partial charge < -0.3 is 5.11 Å². The zero-order valence-electron chi connectivity index (χ0n) is 17.4. The van der Waals surface area contributed by atoms with E-state index in [0.29, 0.717) is 30.0 Å². The number of carbonyl (C=O) groups excluding carboxylic acids is 1. The van der Waals surface area contributed by atoms with Crippen molar-refractivity contribution >= 4 is 23.5 Å². The number of phenols is 1. The molecule has 0 aliphatic heterocycles. The molecule has 0 spiro atoms. The van der Waals surface area contributed by atoms with Gasteiger partial charge in [0.05, 0.1) is 6.54 Å². The number of allylic oxidation sites excluding steroid dienone is 1. The molecule has 4 rings (SSSR count). The first kappa shape index (κ1) is 21.5. The number of rotatable bonds is 8. The monoisotopic (exact) mass is 443 g/mol. The lowest BCUT2D eigenvalue weighted by molar-refractivity contribution is 0.104. The summed E-state index contributed by atoms with van der Waals surface area (Å²) < 4.78 is 1.86. The molecule has 0 amide bonds. The Morgan fingerprint density at radius 3 is 2.69 bits per heavy atom. The number of aromatic hydroxyl groups is 1. The number of alkyl halides is 1. The molecule has 0 bridgehead atoms. The van der Waals surface area contributed by atoms with Crippen molar-refractivity contribution in [2.45, 2.75) is 13.0 Å². The first-order valence-electron chi connectivity index (χ1n) is 10.3. The molecule has 0 aliphatic rings. The van der Waals surface area contributed by atoms with Crippen LogP contribution >= 0.6 is 11.6 Å². The van der Waals surface area contributed by atoms with Crippen LogP contribution in [0.3, 0.4) is 0 Å². The summed E-state index contributed by atoms with van der Waals surface area (Å²) in [4.78, 5) is 17.0. The number of nitrogens with zero attached hydrogens (tertiary/aromatic N) is 3. The van der Waals surface area contributed by atoms with Crippen molar-refractivity contribution < 1.29 is 9.90 Å². The Labute approximate surface area is 191 Å². The Balaban J connectivity index is 1.64. The molecule has 2 heterocycles. The predicted molar refractivity (Wildman–Crippen MR) is 127 cm³/mol. The van der Waals surface area contributed by atoms with E-state index in [2.05, 4.69) is 4.98 Å². The molecule has 0 fully saturated rings. The molecule has 2 aromatic carbocycles. The standard InChI is InChI=1S/C26H22ClN3O2/c27-13-12-21-15-20(8-10-25(21)32)24(31)11-9-23-18-30(17-19-5-2-1-3-6-19)29-26(23)22-7-4-14-28-16-22/h1-11,14-16,18,32H,12-13,17H2. The lowest BCUT2D eigenvalue weighted by atomic mass is 10.0. The molecule has 6 heteroatoms. The van der Waals surface area contributed by atoms with Crippen LogP contribution in [0, 0.1) is 0 Å². The lowest BCUT2D eigenvalue weighted by Gasteiger charge is -2.04. The Bertz CT molecular complexity index is 1230. The fourth-order valence-corrected chi connectivity index (χ4v) is 3.64. The van der Waals surface area contributed by atoms with Crippen LogP contribution < -0.4 is 0 Å². The molecule has 0 radical (unpaired) electrons. The molecular formula is C26H22ClN3O2. The van der Waals surface area contributed by atoms with Gasteiger partial charge in [-0.25, -0.2) is 0 Å². The van der Waals surface area contributed by atoms with Crippen molar-refractivity contribution in [2.24, 2.45) is 0 Å². The number of pyridine rings is 1. The third-order valence-corrected chi connectivity index (χ3v) is 5.24. The first-order chi connectivity index (χ1) is 15.6. The van der Waals surface area contributed by atoms with Crippen LogP contribution in [-0.4, -0.2) is 31.5 Å². The summed E-state index contributed by atoms with van der Waals surface area (Å²) in [6.07, 6.45) is 9.19. The lowest BCUT2D eigenvalue weighted by Crippen LogP contribution is -2.00. The largest absolute Gasteiger partial charge is 0.508 e. The van der Waals surface area contributed by atoms with E-state index in [0.717, 1.165) is 22.4 Å². The van der Waals surface area contributed by atoms with Crippen LogP contribution in [0.4, 0.5) is 0 Å². The topological polar surface area (TPSA) is 68.0 Å². The van der Waals surface area contributed by atoms with E-state index in [9.17, 15) is 9.90 Å². The van der Waals surface area contributed by atoms with Gasteiger partial charge in [-0.3, -0.25) is 14.5 Å². The molecule has 2 aromatic heterocycles. The third kappa shape index (κ3) is 5.13. The quantitative estimate of drug-likeness (QED) is 0.225. The Morgan fingerprint density at radius 2 is 1.94 bits per heavy atom. The van der Waals surface area contributed by atoms with Gasteiger partial charge >= 0.3 is 0 Å². The van der Waals surface area contributed by atoms with Crippen LogP contribution in [0.25, 0.3) is 17.3 Å². The van der Waals surface area contributed by atoms with E-state index < -0.39 is 0 Å². The fourth-order valence-electron chi connectivity index (χ4n) is 3.44. The van der Waals surface area contributed by atoms with Gasteiger partial charge in [-0.05, 0) is 60.0 Å². The molecule has 160 valence electrons. The number of aromatic nitrogens is 3. The van der Waals surface area contributed by atoms with Crippen molar-refractivity contribution in [1.29, 1.82) is 0 Å². The second-order valence-corrected chi connectivity index (χ2v) is 7.72. The summed E-state index contributed by atoms with van der Waals surface area (Å²) in [5.74, 6) is 0.358. The number of halogens is 1. The maximum Gasteiger partial charge on any atom is 0.185 e. The SMILES string of the molecule is O=C(C=Cc1cn(Cc2ccccc2)nc1-c1cccnc1)c1ccc(O)c(CCCl)c1. The number of carbonyl (C=O) groups is 1. The zero-order valence-corrected chi connectivity index (χ0v) is 18.1. The number of hydrogen-bond donors (Lipinski definition) is 1. The minimum atomic E-state index is -0.159. The van der Waals surface area contributed by atoms with Gasteiger partial charge in [-0.2, -0.15) is 5.10 Å². The van der Waals surface area contributed by atoms with Gasteiger partial charge in [0.25, 0.3) is 0 Å². The van der Waals surface area contributed by atoms with Gasteiger partial charge in [0, 0.05) is 41.2 Å². The van der Waals surface area contributed by atoms with E-state index >= 15 is 0 Å². The van der Waals surface area contributed by atoms with Crippen molar-refractivity contribution in [3.8, 4) is 17.0 Å². The summed E-state index contributed by atoms with van der Waals surface area (Å²) in [6.45, 7) is 0.621. The van der Waals surface area contributed by atoms with E-state index in [1.165, 1.54) is 12.1 Å². The number of hydrogen-bond acceptors (Lipinski definition) is 4. The maximum absolute atomic E-state index is 12.8. The molecule has 0 saturated heterocycles.